The molecule has 0 fully saturated rings. The summed E-state index contributed by atoms with van der Waals surface area (Å²) in [4.78, 5) is 4.31. The molecule has 94 valence electrons. The third-order valence-electron chi connectivity index (χ3n) is 3.18. The molecule has 0 unspecified atom stereocenters. The van der Waals surface area contributed by atoms with Crippen molar-refractivity contribution >= 4 is 0 Å². The van der Waals surface area contributed by atoms with E-state index in [-0.39, 0.29) is 0 Å². The van der Waals surface area contributed by atoms with E-state index in [9.17, 15) is 0 Å². The Morgan fingerprint density at radius 1 is 1.06 bits per heavy atom. The molecule has 0 saturated heterocycles. The Bertz CT molecular complexity index is 492. The Balaban J connectivity index is 1.77. The number of pyridine rings is 1. The van der Waals surface area contributed by atoms with E-state index in [2.05, 4.69) is 48.4 Å². The van der Waals surface area contributed by atoms with Gasteiger partial charge in [-0.25, -0.2) is 0 Å². The van der Waals surface area contributed by atoms with Gasteiger partial charge in [-0.15, -0.1) is 0 Å². The zero-order valence-electron chi connectivity index (χ0n) is 11.1. The van der Waals surface area contributed by atoms with Gasteiger partial charge in [0.25, 0.3) is 0 Å². The number of aryl methyl sites for hydroxylation is 2. The molecule has 1 aromatic heterocycles. The van der Waals surface area contributed by atoms with E-state index in [1.807, 2.05) is 18.3 Å². The summed E-state index contributed by atoms with van der Waals surface area (Å²) >= 11 is 0. The number of nitrogens with one attached hydrogen (secondary N) is 1. The van der Waals surface area contributed by atoms with Crippen molar-refractivity contribution in [1.82, 2.24) is 10.3 Å². The number of hydrogen-bond donors (Lipinski definition) is 1. The maximum absolute atomic E-state index is 4.31. The average Bonchev–Trinajstić information content (AvgIpc) is 2.40. The molecule has 0 aliphatic carbocycles. The molecule has 1 N–H and O–H groups in total. The van der Waals surface area contributed by atoms with E-state index in [1.165, 1.54) is 16.7 Å². The number of aromatic nitrogens is 1. The van der Waals surface area contributed by atoms with Gasteiger partial charge in [-0.1, -0.05) is 24.3 Å². The van der Waals surface area contributed by atoms with Crippen LogP contribution in [-0.4, -0.2) is 11.5 Å². The van der Waals surface area contributed by atoms with Crippen LogP contribution in [0.15, 0.2) is 42.6 Å². The topological polar surface area (TPSA) is 24.9 Å². The first-order valence-electron chi connectivity index (χ1n) is 6.42. The normalized spacial score (nSPS) is 10.6. The monoisotopic (exact) mass is 240 g/mol. The minimum atomic E-state index is 0.925. The molecule has 2 heteroatoms. The van der Waals surface area contributed by atoms with Crippen LogP contribution in [0, 0.1) is 13.8 Å². The summed E-state index contributed by atoms with van der Waals surface area (Å²) in [5.41, 5.74) is 5.20. The lowest BCUT2D eigenvalue weighted by molar-refractivity contribution is 0.679. The van der Waals surface area contributed by atoms with Crippen LogP contribution in [0.25, 0.3) is 0 Å². The smallest absolute Gasteiger partial charge is 0.0416 e. The number of nitrogens with zero attached hydrogens (tertiary/aromatic N) is 1. The third-order valence-corrected chi connectivity index (χ3v) is 3.18. The molecule has 2 rings (SSSR count). The zero-order valence-corrected chi connectivity index (χ0v) is 11.1. The number of benzene rings is 1. The maximum atomic E-state index is 4.31. The van der Waals surface area contributed by atoms with Gasteiger partial charge in [0.1, 0.15) is 0 Å². The predicted octanol–water partition coefficient (Wildman–Crippen LogP) is 3.03. The van der Waals surface area contributed by atoms with E-state index in [0.717, 1.165) is 25.2 Å². The molecule has 2 nitrogen and oxygen atoms in total. The van der Waals surface area contributed by atoms with Crippen LogP contribution in [-0.2, 0) is 13.0 Å². The van der Waals surface area contributed by atoms with Crippen LogP contribution in [0.3, 0.4) is 0 Å². The lowest BCUT2D eigenvalue weighted by Gasteiger charge is -2.07. The summed E-state index contributed by atoms with van der Waals surface area (Å²) in [6.07, 6.45) is 2.82. The molecule has 0 saturated carbocycles. The molecule has 0 atom stereocenters. The molecular formula is C16H20N2. The van der Waals surface area contributed by atoms with Gasteiger partial charge in [0.2, 0.25) is 0 Å². The molecule has 0 bridgehead atoms. The van der Waals surface area contributed by atoms with Gasteiger partial charge in [-0.2, -0.15) is 0 Å². The van der Waals surface area contributed by atoms with E-state index in [0.29, 0.717) is 0 Å². The average molecular weight is 240 g/mol. The number of hydrogen-bond acceptors (Lipinski definition) is 2. The van der Waals surface area contributed by atoms with Gasteiger partial charge in [-0.3, -0.25) is 4.98 Å². The van der Waals surface area contributed by atoms with Gasteiger partial charge in [0.15, 0.2) is 0 Å². The van der Waals surface area contributed by atoms with Crippen molar-refractivity contribution in [2.75, 3.05) is 6.54 Å². The van der Waals surface area contributed by atoms with Gasteiger partial charge in [0.05, 0.1) is 0 Å². The fourth-order valence-electron chi connectivity index (χ4n) is 1.91. The molecular weight excluding hydrogens is 220 g/mol. The standard InChI is InChI=1S/C16H20N2/c1-13-6-7-15(11-14(13)2)12-17-10-8-16-5-3-4-9-18-16/h3-7,9,11,17H,8,10,12H2,1-2H3. The summed E-state index contributed by atoms with van der Waals surface area (Å²) in [5.74, 6) is 0. The van der Waals surface area contributed by atoms with Crippen molar-refractivity contribution in [1.29, 1.82) is 0 Å². The highest BCUT2D eigenvalue weighted by Gasteiger charge is 1.97. The Kier molecular flexibility index (Phi) is 4.48. The Hall–Kier alpha value is -1.67. The van der Waals surface area contributed by atoms with Gasteiger partial charge < -0.3 is 5.32 Å². The maximum Gasteiger partial charge on any atom is 0.0416 e. The molecule has 1 heterocycles. The van der Waals surface area contributed by atoms with Crippen LogP contribution >= 0.6 is 0 Å². The van der Waals surface area contributed by atoms with Crippen LogP contribution in [0.4, 0.5) is 0 Å². The molecule has 0 radical (unpaired) electrons. The van der Waals surface area contributed by atoms with E-state index >= 15 is 0 Å². The summed E-state index contributed by atoms with van der Waals surface area (Å²) in [6.45, 7) is 6.19. The van der Waals surface area contributed by atoms with Crippen molar-refractivity contribution in [3.63, 3.8) is 0 Å². The highest BCUT2D eigenvalue weighted by Crippen LogP contribution is 2.09. The minimum absolute atomic E-state index is 0.925. The second-order valence-corrected chi connectivity index (χ2v) is 4.67. The fraction of sp³-hybridized carbons (Fsp3) is 0.312. The highest BCUT2D eigenvalue weighted by atomic mass is 14.8. The van der Waals surface area contributed by atoms with Crippen LogP contribution < -0.4 is 5.32 Å². The summed E-state index contributed by atoms with van der Waals surface area (Å²) in [5, 5.41) is 3.46. The van der Waals surface area contributed by atoms with Crippen molar-refractivity contribution < 1.29 is 0 Å². The van der Waals surface area contributed by atoms with Crippen LogP contribution in [0.2, 0.25) is 0 Å². The van der Waals surface area contributed by atoms with Crippen molar-refractivity contribution in [2.24, 2.45) is 0 Å². The summed E-state index contributed by atoms with van der Waals surface area (Å²) in [7, 11) is 0. The van der Waals surface area contributed by atoms with Crippen molar-refractivity contribution in [2.45, 2.75) is 26.8 Å². The molecule has 18 heavy (non-hydrogen) atoms. The van der Waals surface area contributed by atoms with Gasteiger partial charge in [0, 0.05) is 31.4 Å². The third kappa shape index (κ3) is 3.67. The van der Waals surface area contributed by atoms with E-state index < -0.39 is 0 Å². The lowest BCUT2D eigenvalue weighted by atomic mass is 10.1. The van der Waals surface area contributed by atoms with Crippen molar-refractivity contribution in [3.8, 4) is 0 Å². The van der Waals surface area contributed by atoms with Gasteiger partial charge >= 0.3 is 0 Å². The molecule has 0 amide bonds. The Morgan fingerprint density at radius 2 is 1.94 bits per heavy atom. The number of rotatable bonds is 5. The van der Waals surface area contributed by atoms with E-state index in [1.54, 1.807) is 0 Å². The summed E-state index contributed by atoms with van der Waals surface area (Å²) < 4.78 is 0. The minimum Gasteiger partial charge on any atom is -0.312 e. The Labute approximate surface area is 109 Å². The molecule has 0 aliphatic heterocycles. The molecule has 0 aliphatic rings. The first-order valence-corrected chi connectivity index (χ1v) is 6.42. The molecule has 0 spiro atoms. The second kappa shape index (κ2) is 6.31. The zero-order chi connectivity index (χ0) is 12.8. The first kappa shape index (κ1) is 12.8. The highest BCUT2D eigenvalue weighted by molar-refractivity contribution is 5.29. The fourth-order valence-corrected chi connectivity index (χ4v) is 1.91. The SMILES string of the molecule is Cc1ccc(CNCCc2ccccn2)cc1C. The summed E-state index contributed by atoms with van der Waals surface area (Å²) in [6, 6.07) is 12.7. The molecule has 2 aromatic rings. The molecule has 1 aromatic carbocycles. The Morgan fingerprint density at radius 3 is 2.67 bits per heavy atom. The first-order chi connectivity index (χ1) is 8.75. The van der Waals surface area contributed by atoms with Crippen LogP contribution in [0.1, 0.15) is 22.4 Å². The quantitative estimate of drug-likeness (QED) is 0.813. The largest absolute Gasteiger partial charge is 0.312 e. The van der Waals surface area contributed by atoms with E-state index in [4.69, 9.17) is 0 Å². The predicted molar refractivity (Wildman–Crippen MR) is 75.6 cm³/mol. The van der Waals surface area contributed by atoms with Crippen LogP contribution in [0.5, 0.6) is 0 Å². The lowest BCUT2D eigenvalue weighted by Crippen LogP contribution is -2.17. The van der Waals surface area contributed by atoms with Crippen molar-refractivity contribution in [3.05, 3.63) is 65.0 Å². The van der Waals surface area contributed by atoms with Gasteiger partial charge in [-0.05, 0) is 42.7 Å². The second-order valence-electron chi connectivity index (χ2n) is 4.67.